The smallest absolute Gasteiger partial charge is 0.310 e. The summed E-state index contributed by atoms with van der Waals surface area (Å²) < 4.78 is 0. The van der Waals surface area contributed by atoms with Crippen molar-refractivity contribution in [1.29, 1.82) is 0 Å². The number of carboxylic acid groups (broad SMARTS) is 1. The van der Waals surface area contributed by atoms with E-state index in [4.69, 9.17) is 5.11 Å². The lowest BCUT2D eigenvalue weighted by Crippen LogP contribution is -2.30. The Bertz CT molecular complexity index is 197. The van der Waals surface area contributed by atoms with Crippen LogP contribution in [0, 0.1) is 11.3 Å². The van der Waals surface area contributed by atoms with Crippen molar-refractivity contribution in [2.45, 2.75) is 39.5 Å². The molecule has 0 amide bonds. The van der Waals surface area contributed by atoms with E-state index in [1.807, 2.05) is 0 Å². The van der Waals surface area contributed by atoms with E-state index >= 15 is 0 Å². The van der Waals surface area contributed by atoms with Crippen LogP contribution in [0.3, 0.4) is 0 Å². The number of hydrogen-bond acceptors (Lipinski definition) is 2. The van der Waals surface area contributed by atoms with Gasteiger partial charge in [0.15, 0.2) is 0 Å². The van der Waals surface area contributed by atoms with Crippen LogP contribution in [0.5, 0.6) is 0 Å². The molecular weight excluding hydrogens is 178 g/mol. The van der Waals surface area contributed by atoms with E-state index < -0.39 is 11.4 Å². The molecule has 0 bridgehead atoms. The van der Waals surface area contributed by atoms with Crippen LogP contribution in [0.25, 0.3) is 0 Å². The molecule has 0 aromatic carbocycles. The normalized spacial score (nSPS) is 18.5. The van der Waals surface area contributed by atoms with Crippen molar-refractivity contribution in [3.05, 3.63) is 0 Å². The predicted octanol–water partition coefficient (Wildman–Crippen LogP) is 1.88. The van der Waals surface area contributed by atoms with E-state index in [0.717, 1.165) is 31.7 Å². The van der Waals surface area contributed by atoms with E-state index in [2.05, 4.69) is 19.2 Å². The summed E-state index contributed by atoms with van der Waals surface area (Å²) >= 11 is 0. The Morgan fingerprint density at radius 2 is 2.14 bits per heavy atom. The maximum Gasteiger partial charge on any atom is 0.310 e. The Morgan fingerprint density at radius 3 is 2.57 bits per heavy atom. The van der Waals surface area contributed by atoms with Crippen molar-refractivity contribution in [2.24, 2.45) is 11.3 Å². The highest BCUT2D eigenvalue weighted by molar-refractivity contribution is 5.78. The van der Waals surface area contributed by atoms with Crippen molar-refractivity contribution in [3.63, 3.8) is 0 Å². The van der Waals surface area contributed by atoms with Crippen molar-refractivity contribution in [1.82, 2.24) is 5.32 Å². The van der Waals surface area contributed by atoms with E-state index in [0.29, 0.717) is 6.54 Å². The minimum atomic E-state index is -0.631. The summed E-state index contributed by atoms with van der Waals surface area (Å²) in [7, 11) is 0. The average Bonchev–Trinajstić information content (AvgIpc) is 2.84. The molecule has 0 heterocycles. The van der Waals surface area contributed by atoms with Gasteiger partial charge in [-0.2, -0.15) is 0 Å². The first-order chi connectivity index (χ1) is 6.57. The fraction of sp³-hybridized carbons (Fsp3) is 0.909. The fourth-order valence-electron chi connectivity index (χ4n) is 1.58. The molecule has 3 nitrogen and oxygen atoms in total. The highest BCUT2D eigenvalue weighted by Gasteiger charge is 2.49. The van der Waals surface area contributed by atoms with Crippen molar-refractivity contribution in [3.8, 4) is 0 Å². The molecule has 0 unspecified atom stereocenters. The Morgan fingerprint density at radius 1 is 1.50 bits per heavy atom. The van der Waals surface area contributed by atoms with Gasteiger partial charge in [0.1, 0.15) is 0 Å². The third kappa shape index (κ3) is 3.29. The number of carbonyl (C=O) groups is 1. The van der Waals surface area contributed by atoms with Crippen LogP contribution >= 0.6 is 0 Å². The molecule has 0 aromatic heterocycles. The Kier molecular flexibility index (Phi) is 3.93. The molecule has 1 fully saturated rings. The summed E-state index contributed by atoms with van der Waals surface area (Å²) in [6.07, 6.45) is 4.06. The van der Waals surface area contributed by atoms with E-state index in [9.17, 15) is 4.79 Å². The SMILES string of the molecule is CC(C)CCCNCC1(C(=O)O)CC1. The van der Waals surface area contributed by atoms with Gasteiger partial charge in [0.05, 0.1) is 5.41 Å². The van der Waals surface area contributed by atoms with Crippen LogP contribution in [0.15, 0.2) is 0 Å². The van der Waals surface area contributed by atoms with Gasteiger partial charge in [-0.25, -0.2) is 0 Å². The van der Waals surface area contributed by atoms with Crippen molar-refractivity contribution >= 4 is 5.97 Å². The zero-order chi connectivity index (χ0) is 10.6. The van der Waals surface area contributed by atoms with Gasteiger partial charge in [-0.05, 0) is 38.1 Å². The molecule has 0 radical (unpaired) electrons. The van der Waals surface area contributed by atoms with Crippen LogP contribution in [0.2, 0.25) is 0 Å². The average molecular weight is 199 g/mol. The maximum absolute atomic E-state index is 10.8. The Balaban J connectivity index is 2.02. The summed E-state index contributed by atoms with van der Waals surface area (Å²) in [4.78, 5) is 10.8. The summed E-state index contributed by atoms with van der Waals surface area (Å²) in [6.45, 7) is 6.02. The molecule has 1 saturated carbocycles. The Labute approximate surface area is 85.9 Å². The summed E-state index contributed by atoms with van der Waals surface area (Å²) in [5.74, 6) is 0.111. The van der Waals surface area contributed by atoms with Gasteiger partial charge in [0.2, 0.25) is 0 Å². The van der Waals surface area contributed by atoms with Gasteiger partial charge in [-0.1, -0.05) is 13.8 Å². The first-order valence-corrected chi connectivity index (χ1v) is 5.51. The molecule has 1 rings (SSSR count). The number of nitrogens with one attached hydrogen (secondary N) is 1. The molecular formula is C11H21NO2. The molecule has 0 aliphatic heterocycles. The Hall–Kier alpha value is -0.570. The van der Waals surface area contributed by atoms with Crippen molar-refractivity contribution < 1.29 is 9.90 Å². The minimum absolute atomic E-state index is 0.405. The summed E-state index contributed by atoms with van der Waals surface area (Å²) in [5.41, 5.74) is -0.405. The molecule has 0 atom stereocenters. The lowest BCUT2D eigenvalue weighted by Gasteiger charge is -2.11. The van der Waals surface area contributed by atoms with Gasteiger partial charge < -0.3 is 10.4 Å². The highest BCUT2D eigenvalue weighted by Crippen LogP contribution is 2.45. The van der Waals surface area contributed by atoms with Gasteiger partial charge in [0.25, 0.3) is 0 Å². The summed E-state index contributed by atoms with van der Waals surface area (Å²) in [6, 6.07) is 0. The quantitative estimate of drug-likeness (QED) is 0.615. The third-order valence-corrected chi connectivity index (χ3v) is 2.91. The number of aliphatic carboxylic acids is 1. The first-order valence-electron chi connectivity index (χ1n) is 5.51. The number of carboxylic acids is 1. The second kappa shape index (κ2) is 4.78. The monoisotopic (exact) mass is 199 g/mol. The van der Waals surface area contributed by atoms with Crippen LogP contribution in [0.1, 0.15) is 39.5 Å². The lowest BCUT2D eigenvalue weighted by molar-refractivity contribution is -0.143. The number of hydrogen-bond donors (Lipinski definition) is 2. The molecule has 0 saturated heterocycles. The van der Waals surface area contributed by atoms with Crippen LogP contribution in [-0.2, 0) is 4.79 Å². The van der Waals surface area contributed by atoms with E-state index in [-0.39, 0.29) is 0 Å². The zero-order valence-electron chi connectivity index (χ0n) is 9.18. The van der Waals surface area contributed by atoms with Crippen LogP contribution in [-0.4, -0.2) is 24.2 Å². The molecule has 14 heavy (non-hydrogen) atoms. The lowest BCUT2D eigenvalue weighted by atomic mass is 10.1. The zero-order valence-corrected chi connectivity index (χ0v) is 9.18. The molecule has 2 N–H and O–H groups in total. The first kappa shape index (κ1) is 11.5. The molecule has 0 spiro atoms. The van der Waals surface area contributed by atoms with Gasteiger partial charge in [-0.15, -0.1) is 0 Å². The van der Waals surface area contributed by atoms with Gasteiger partial charge in [0, 0.05) is 6.54 Å². The maximum atomic E-state index is 10.8. The largest absolute Gasteiger partial charge is 0.481 e. The number of rotatable bonds is 7. The second-order valence-electron chi connectivity index (χ2n) is 4.80. The third-order valence-electron chi connectivity index (χ3n) is 2.91. The van der Waals surface area contributed by atoms with Gasteiger partial charge >= 0.3 is 5.97 Å². The van der Waals surface area contributed by atoms with Crippen LogP contribution in [0.4, 0.5) is 0 Å². The summed E-state index contributed by atoms with van der Waals surface area (Å²) in [5, 5.41) is 12.2. The van der Waals surface area contributed by atoms with Gasteiger partial charge in [-0.3, -0.25) is 4.79 Å². The highest BCUT2D eigenvalue weighted by atomic mass is 16.4. The van der Waals surface area contributed by atoms with Crippen molar-refractivity contribution in [2.75, 3.05) is 13.1 Å². The topological polar surface area (TPSA) is 49.3 Å². The second-order valence-corrected chi connectivity index (χ2v) is 4.80. The molecule has 82 valence electrons. The molecule has 3 heteroatoms. The molecule has 1 aliphatic rings. The van der Waals surface area contributed by atoms with Crippen LogP contribution < -0.4 is 5.32 Å². The standard InChI is InChI=1S/C11H21NO2/c1-9(2)4-3-7-12-8-11(5-6-11)10(13)14/h9,12H,3-8H2,1-2H3,(H,13,14). The minimum Gasteiger partial charge on any atom is -0.481 e. The van der Waals surface area contributed by atoms with E-state index in [1.165, 1.54) is 6.42 Å². The molecule has 1 aliphatic carbocycles. The fourth-order valence-corrected chi connectivity index (χ4v) is 1.58. The van der Waals surface area contributed by atoms with E-state index in [1.54, 1.807) is 0 Å². The molecule has 0 aromatic rings. The predicted molar refractivity (Wildman–Crippen MR) is 56.2 cm³/mol.